The third-order valence-electron chi connectivity index (χ3n) is 2.61. The normalized spacial score (nSPS) is 10.5. The van der Waals surface area contributed by atoms with Crippen LogP contribution in [0.1, 0.15) is 16.7 Å². The number of aryl methyl sites for hydroxylation is 1. The van der Waals surface area contributed by atoms with E-state index in [2.05, 4.69) is 36.2 Å². The first-order valence-corrected chi connectivity index (χ1v) is 7.02. The third-order valence-corrected chi connectivity index (χ3v) is 3.98. The lowest BCUT2D eigenvalue weighted by Gasteiger charge is -2.06. The van der Waals surface area contributed by atoms with Crippen LogP contribution < -0.4 is 0 Å². The molecular formula is C14H14ClNS. The van der Waals surface area contributed by atoms with Crippen molar-refractivity contribution in [2.75, 3.05) is 0 Å². The van der Waals surface area contributed by atoms with Crippen LogP contribution >= 0.6 is 23.4 Å². The molecule has 1 aromatic carbocycles. The Morgan fingerprint density at radius 2 is 1.76 bits per heavy atom. The fourth-order valence-electron chi connectivity index (χ4n) is 1.57. The minimum atomic E-state index is 0.616. The van der Waals surface area contributed by atoms with Crippen molar-refractivity contribution in [1.82, 2.24) is 4.98 Å². The quantitative estimate of drug-likeness (QED) is 0.755. The van der Waals surface area contributed by atoms with Crippen molar-refractivity contribution in [2.24, 2.45) is 0 Å². The first-order chi connectivity index (χ1) is 8.27. The number of pyridine rings is 1. The highest BCUT2D eigenvalue weighted by Gasteiger charge is 2.02. The summed E-state index contributed by atoms with van der Waals surface area (Å²) in [6.45, 7) is 2.15. The molecule has 0 saturated carbocycles. The van der Waals surface area contributed by atoms with Crippen LogP contribution in [-0.4, -0.2) is 4.98 Å². The Balaban J connectivity index is 1.93. The van der Waals surface area contributed by atoms with Gasteiger partial charge in [-0.05, 0) is 29.7 Å². The predicted octanol–water partition coefficient (Wildman–Crippen LogP) is 4.48. The average molecular weight is 264 g/mol. The fraction of sp³-hybridized carbons (Fsp3) is 0.214. The van der Waals surface area contributed by atoms with Crippen LogP contribution in [0.15, 0.2) is 42.6 Å². The van der Waals surface area contributed by atoms with Crippen LogP contribution in [0.2, 0.25) is 5.15 Å². The topological polar surface area (TPSA) is 12.9 Å². The zero-order valence-corrected chi connectivity index (χ0v) is 11.3. The average Bonchev–Trinajstić information content (AvgIpc) is 2.34. The number of rotatable bonds is 4. The summed E-state index contributed by atoms with van der Waals surface area (Å²) in [5.41, 5.74) is 3.84. The lowest BCUT2D eigenvalue weighted by molar-refractivity contribution is 1.24. The largest absolute Gasteiger partial charge is 0.244 e. The van der Waals surface area contributed by atoms with E-state index in [0.717, 1.165) is 17.1 Å². The van der Waals surface area contributed by atoms with Gasteiger partial charge in [0, 0.05) is 17.7 Å². The Labute approximate surface area is 111 Å². The third kappa shape index (κ3) is 3.48. The molecule has 0 atom stereocenters. The molecule has 0 N–H and O–H groups in total. The zero-order valence-electron chi connectivity index (χ0n) is 9.69. The summed E-state index contributed by atoms with van der Waals surface area (Å²) in [5.74, 6) is 1.92. The molecule has 1 aromatic heterocycles. The van der Waals surface area contributed by atoms with E-state index in [1.807, 2.05) is 23.9 Å². The van der Waals surface area contributed by atoms with Gasteiger partial charge in [-0.15, -0.1) is 0 Å². The molecular weight excluding hydrogens is 250 g/mol. The minimum absolute atomic E-state index is 0.616. The Hall–Kier alpha value is -0.990. The van der Waals surface area contributed by atoms with Crippen LogP contribution in [0.5, 0.6) is 0 Å². The molecule has 2 aromatic rings. The van der Waals surface area contributed by atoms with Gasteiger partial charge >= 0.3 is 0 Å². The van der Waals surface area contributed by atoms with Crippen molar-refractivity contribution in [1.29, 1.82) is 0 Å². The van der Waals surface area contributed by atoms with E-state index in [4.69, 9.17) is 11.6 Å². The molecule has 0 aliphatic carbocycles. The van der Waals surface area contributed by atoms with E-state index in [1.54, 1.807) is 6.20 Å². The Morgan fingerprint density at radius 3 is 2.53 bits per heavy atom. The van der Waals surface area contributed by atoms with E-state index >= 15 is 0 Å². The van der Waals surface area contributed by atoms with E-state index in [-0.39, 0.29) is 0 Å². The van der Waals surface area contributed by atoms with Gasteiger partial charge in [0.2, 0.25) is 0 Å². The summed E-state index contributed by atoms with van der Waals surface area (Å²) in [6, 6.07) is 12.4. The SMILES string of the molecule is Cc1ccccc1CSCc1cccnc1Cl. The molecule has 1 nitrogen and oxygen atoms in total. The van der Waals surface area contributed by atoms with Gasteiger partial charge in [0.25, 0.3) is 0 Å². The summed E-state index contributed by atoms with van der Waals surface area (Å²) >= 11 is 7.88. The maximum Gasteiger partial charge on any atom is 0.133 e. The maximum atomic E-state index is 6.01. The van der Waals surface area contributed by atoms with Gasteiger partial charge in [0.05, 0.1) is 0 Å². The molecule has 17 heavy (non-hydrogen) atoms. The molecule has 0 bridgehead atoms. The number of hydrogen-bond acceptors (Lipinski definition) is 2. The summed E-state index contributed by atoms with van der Waals surface area (Å²) in [6.07, 6.45) is 1.72. The standard InChI is InChI=1S/C14H14ClNS/c1-11-5-2-3-6-12(11)9-17-10-13-7-4-8-16-14(13)15/h2-8H,9-10H2,1H3. The highest BCUT2D eigenvalue weighted by molar-refractivity contribution is 7.97. The monoisotopic (exact) mass is 263 g/mol. The van der Waals surface area contributed by atoms with Crippen molar-refractivity contribution in [3.63, 3.8) is 0 Å². The van der Waals surface area contributed by atoms with E-state index < -0.39 is 0 Å². The molecule has 0 amide bonds. The summed E-state index contributed by atoms with van der Waals surface area (Å²) < 4.78 is 0. The first kappa shape index (κ1) is 12.5. The summed E-state index contributed by atoms with van der Waals surface area (Å²) in [7, 11) is 0. The van der Waals surface area contributed by atoms with E-state index in [9.17, 15) is 0 Å². The summed E-state index contributed by atoms with van der Waals surface area (Å²) in [5, 5.41) is 0.616. The second-order valence-electron chi connectivity index (χ2n) is 3.87. The van der Waals surface area contributed by atoms with Gasteiger partial charge in [-0.3, -0.25) is 0 Å². The molecule has 0 aliphatic rings. The molecule has 3 heteroatoms. The number of hydrogen-bond donors (Lipinski definition) is 0. The Kier molecular flexibility index (Phi) is 4.46. The molecule has 0 radical (unpaired) electrons. The van der Waals surface area contributed by atoms with Gasteiger partial charge in [-0.1, -0.05) is 41.9 Å². The number of halogens is 1. The van der Waals surface area contributed by atoms with Gasteiger partial charge in [-0.2, -0.15) is 11.8 Å². The zero-order chi connectivity index (χ0) is 12.1. The smallest absolute Gasteiger partial charge is 0.133 e. The fourth-order valence-corrected chi connectivity index (χ4v) is 2.93. The molecule has 0 unspecified atom stereocenters. The molecule has 1 heterocycles. The van der Waals surface area contributed by atoms with Crippen LogP contribution in [0, 0.1) is 6.92 Å². The second-order valence-corrected chi connectivity index (χ2v) is 5.22. The van der Waals surface area contributed by atoms with Crippen LogP contribution in [0.25, 0.3) is 0 Å². The van der Waals surface area contributed by atoms with Crippen molar-refractivity contribution < 1.29 is 0 Å². The van der Waals surface area contributed by atoms with Crippen LogP contribution in [0.3, 0.4) is 0 Å². The number of aromatic nitrogens is 1. The van der Waals surface area contributed by atoms with E-state index in [1.165, 1.54) is 11.1 Å². The predicted molar refractivity (Wildman–Crippen MR) is 75.4 cm³/mol. The molecule has 0 aliphatic heterocycles. The van der Waals surface area contributed by atoms with E-state index in [0.29, 0.717) is 5.15 Å². The lowest BCUT2D eigenvalue weighted by Crippen LogP contribution is -1.88. The van der Waals surface area contributed by atoms with Crippen molar-refractivity contribution in [3.8, 4) is 0 Å². The van der Waals surface area contributed by atoms with Crippen LogP contribution in [-0.2, 0) is 11.5 Å². The minimum Gasteiger partial charge on any atom is -0.244 e. The Bertz CT molecular complexity index is 454. The molecule has 2 rings (SSSR count). The highest BCUT2D eigenvalue weighted by atomic mass is 35.5. The lowest BCUT2D eigenvalue weighted by atomic mass is 10.1. The molecule has 0 fully saturated rings. The first-order valence-electron chi connectivity index (χ1n) is 5.49. The number of thioether (sulfide) groups is 1. The van der Waals surface area contributed by atoms with Crippen molar-refractivity contribution in [3.05, 3.63) is 64.4 Å². The number of nitrogens with zero attached hydrogens (tertiary/aromatic N) is 1. The maximum absolute atomic E-state index is 6.01. The van der Waals surface area contributed by atoms with Gasteiger partial charge in [0.15, 0.2) is 0 Å². The van der Waals surface area contributed by atoms with Crippen LogP contribution in [0.4, 0.5) is 0 Å². The van der Waals surface area contributed by atoms with Gasteiger partial charge < -0.3 is 0 Å². The molecule has 0 saturated heterocycles. The van der Waals surface area contributed by atoms with Crippen molar-refractivity contribution in [2.45, 2.75) is 18.4 Å². The van der Waals surface area contributed by atoms with Gasteiger partial charge in [0.1, 0.15) is 5.15 Å². The highest BCUT2D eigenvalue weighted by Crippen LogP contribution is 2.22. The Morgan fingerprint density at radius 1 is 1.06 bits per heavy atom. The number of benzene rings is 1. The molecule has 0 spiro atoms. The van der Waals surface area contributed by atoms with Gasteiger partial charge in [-0.25, -0.2) is 4.98 Å². The summed E-state index contributed by atoms with van der Waals surface area (Å²) in [4.78, 5) is 4.07. The molecule has 88 valence electrons. The second kappa shape index (κ2) is 6.08. The van der Waals surface area contributed by atoms with Crippen molar-refractivity contribution >= 4 is 23.4 Å².